The molecule has 0 radical (unpaired) electrons. The molecule has 1 N–H and O–H groups in total. The van der Waals surface area contributed by atoms with Gasteiger partial charge in [-0.05, 0) is 35.7 Å². The molecule has 6 nitrogen and oxygen atoms in total. The zero-order valence-electron chi connectivity index (χ0n) is 12.8. The van der Waals surface area contributed by atoms with Gasteiger partial charge in [0.2, 0.25) is 0 Å². The molecule has 0 bridgehead atoms. The molecule has 120 valence electrons. The molecule has 0 atom stereocenters. The zero-order valence-corrected chi connectivity index (χ0v) is 12.8. The fourth-order valence-corrected chi connectivity index (χ4v) is 3.53. The predicted octanol–water partition coefficient (Wildman–Crippen LogP) is 3.22. The summed E-state index contributed by atoms with van der Waals surface area (Å²) in [5.74, 6) is -0.866. The number of pyridine rings is 1. The Balaban J connectivity index is 2.11. The maximum absolute atomic E-state index is 13.1. The first-order chi connectivity index (χ1) is 12.2. The van der Waals surface area contributed by atoms with Crippen molar-refractivity contribution in [2.75, 3.05) is 0 Å². The summed E-state index contributed by atoms with van der Waals surface area (Å²) in [5.41, 5.74) is 2.00. The van der Waals surface area contributed by atoms with Gasteiger partial charge in [0.1, 0.15) is 5.65 Å². The van der Waals surface area contributed by atoms with Gasteiger partial charge in [-0.15, -0.1) is 0 Å². The van der Waals surface area contributed by atoms with Gasteiger partial charge < -0.3 is 0 Å². The summed E-state index contributed by atoms with van der Waals surface area (Å²) >= 11 is 0. The van der Waals surface area contributed by atoms with E-state index in [-0.39, 0.29) is 11.1 Å². The van der Waals surface area contributed by atoms with Crippen LogP contribution in [0.4, 0.5) is 0 Å². The number of aromatic nitrogens is 2. The Bertz CT molecular complexity index is 1370. The van der Waals surface area contributed by atoms with Crippen LogP contribution in [0.5, 0.6) is 0 Å². The van der Waals surface area contributed by atoms with E-state index < -0.39 is 5.97 Å². The van der Waals surface area contributed by atoms with Crippen LogP contribution in [0.1, 0.15) is 10.4 Å². The molecule has 0 saturated carbocycles. The molecule has 2 heterocycles. The first-order valence-corrected chi connectivity index (χ1v) is 7.65. The average Bonchev–Trinajstić information content (AvgIpc) is 3.05. The predicted molar refractivity (Wildman–Crippen MR) is 93.2 cm³/mol. The summed E-state index contributed by atoms with van der Waals surface area (Å²) < 4.78 is 1.59. The van der Waals surface area contributed by atoms with Crippen LogP contribution in [-0.2, 0) is 4.89 Å². The van der Waals surface area contributed by atoms with Crippen molar-refractivity contribution in [2.45, 2.75) is 0 Å². The molecule has 0 saturated heterocycles. The Morgan fingerprint density at radius 2 is 1.76 bits per heavy atom. The molecule has 0 unspecified atom stereocenters. The largest absolute Gasteiger partial charge is 0.373 e. The second-order valence-corrected chi connectivity index (χ2v) is 5.83. The van der Waals surface area contributed by atoms with E-state index in [9.17, 15) is 9.59 Å². The zero-order chi connectivity index (χ0) is 17.1. The summed E-state index contributed by atoms with van der Waals surface area (Å²) in [6.45, 7) is 0. The van der Waals surface area contributed by atoms with E-state index in [4.69, 9.17) is 5.26 Å². The van der Waals surface area contributed by atoms with Crippen LogP contribution in [0.2, 0.25) is 0 Å². The second-order valence-electron chi connectivity index (χ2n) is 5.83. The summed E-state index contributed by atoms with van der Waals surface area (Å²) in [6.07, 6.45) is 0. The van der Waals surface area contributed by atoms with E-state index in [1.165, 1.54) is 0 Å². The molecule has 0 amide bonds. The fraction of sp³-hybridized carbons (Fsp3) is 0. The van der Waals surface area contributed by atoms with Crippen molar-refractivity contribution in [3.63, 3.8) is 0 Å². The van der Waals surface area contributed by atoms with E-state index in [0.717, 1.165) is 16.4 Å². The van der Waals surface area contributed by atoms with Gasteiger partial charge in [-0.1, -0.05) is 24.3 Å². The molecule has 0 spiro atoms. The third-order valence-corrected chi connectivity index (χ3v) is 4.58. The highest BCUT2D eigenvalue weighted by Crippen LogP contribution is 2.31. The van der Waals surface area contributed by atoms with Gasteiger partial charge in [-0.3, -0.25) is 14.1 Å². The van der Waals surface area contributed by atoms with Gasteiger partial charge in [0.05, 0.1) is 16.6 Å². The fourth-order valence-electron chi connectivity index (χ4n) is 3.53. The first-order valence-electron chi connectivity index (χ1n) is 7.65. The van der Waals surface area contributed by atoms with E-state index in [1.54, 1.807) is 34.7 Å². The number of para-hydroxylation sites is 2. The van der Waals surface area contributed by atoms with Gasteiger partial charge >= 0.3 is 5.97 Å². The number of carbonyl (C=O) groups excluding carboxylic acids is 1. The first kappa shape index (κ1) is 13.9. The van der Waals surface area contributed by atoms with Crippen LogP contribution in [0.3, 0.4) is 0 Å². The maximum atomic E-state index is 13.1. The third-order valence-electron chi connectivity index (χ3n) is 4.58. The van der Waals surface area contributed by atoms with E-state index in [0.29, 0.717) is 21.8 Å². The SMILES string of the molecule is O=C(OO)c1ccc2c3c1cccc3c(=O)n1c3ccccc3nc21. The molecule has 25 heavy (non-hydrogen) atoms. The lowest BCUT2D eigenvalue weighted by atomic mass is 9.98. The quantitative estimate of drug-likeness (QED) is 0.377. The summed E-state index contributed by atoms with van der Waals surface area (Å²) in [4.78, 5) is 33.4. The van der Waals surface area contributed by atoms with Crippen molar-refractivity contribution in [2.24, 2.45) is 0 Å². The smallest absolute Gasteiger partial charge is 0.295 e. The highest BCUT2D eigenvalue weighted by Gasteiger charge is 2.19. The van der Waals surface area contributed by atoms with Crippen molar-refractivity contribution in [1.82, 2.24) is 9.38 Å². The number of nitrogens with zero attached hydrogens (tertiary/aromatic N) is 2. The summed E-state index contributed by atoms with van der Waals surface area (Å²) in [7, 11) is 0. The van der Waals surface area contributed by atoms with E-state index in [1.807, 2.05) is 24.3 Å². The minimum Gasteiger partial charge on any atom is -0.295 e. The van der Waals surface area contributed by atoms with Crippen molar-refractivity contribution < 1.29 is 14.9 Å². The van der Waals surface area contributed by atoms with E-state index in [2.05, 4.69) is 9.87 Å². The molecule has 5 aromatic rings. The number of rotatable bonds is 1. The van der Waals surface area contributed by atoms with Crippen molar-refractivity contribution >= 4 is 44.2 Å². The lowest BCUT2D eigenvalue weighted by Crippen LogP contribution is -2.14. The van der Waals surface area contributed by atoms with Gasteiger partial charge in [0.25, 0.3) is 5.56 Å². The van der Waals surface area contributed by atoms with E-state index >= 15 is 0 Å². The average molecular weight is 330 g/mol. The number of imidazole rings is 1. The highest BCUT2D eigenvalue weighted by molar-refractivity contribution is 6.20. The molecule has 6 heteroatoms. The molecular weight excluding hydrogens is 320 g/mol. The number of fused-ring (bicyclic) bond motifs is 4. The standard InChI is InChI=1S/C19H10N2O4/c22-18-13-5-3-4-10-11(19(23)25-24)8-9-12(16(10)13)17-20-14-6-1-2-7-15(14)21(17)18/h1-9,24H. The van der Waals surface area contributed by atoms with Crippen molar-refractivity contribution in [3.05, 3.63) is 70.5 Å². The number of benzene rings is 3. The van der Waals surface area contributed by atoms with Gasteiger partial charge in [0.15, 0.2) is 0 Å². The number of hydrogen-bond donors (Lipinski definition) is 1. The topological polar surface area (TPSA) is 80.9 Å². The summed E-state index contributed by atoms with van der Waals surface area (Å²) in [6, 6.07) is 15.9. The number of hydrogen-bond acceptors (Lipinski definition) is 5. The van der Waals surface area contributed by atoms with Crippen molar-refractivity contribution in [1.29, 1.82) is 0 Å². The molecule has 0 aliphatic heterocycles. The molecule has 2 aromatic heterocycles. The highest BCUT2D eigenvalue weighted by atomic mass is 17.1. The lowest BCUT2D eigenvalue weighted by molar-refractivity contribution is -0.182. The maximum Gasteiger partial charge on any atom is 0.373 e. The second kappa shape index (κ2) is 4.75. The molecule has 0 aliphatic rings. The molecule has 0 fully saturated rings. The minimum absolute atomic E-state index is 0.195. The number of carbonyl (C=O) groups is 1. The molecule has 0 aliphatic carbocycles. The molecule has 3 aromatic carbocycles. The van der Waals surface area contributed by atoms with Gasteiger partial charge in [0, 0.05) is 16.2 Å². The molecular formula is C19H10N2O4. The van der Waals surface area contributed by atoms with Gasteiger partial charge in [-0.2, -0.15) is 5.26 Å². The lowest BCUT2D eigenvalue weighted by Gasteiger charge is -2.09. The molecule has 5 rings (SSSR count). The van der Waals surface area contributed by atoms with Crippen molar-refractivity contribution in [3.8, 4) is 0 Å². The van der Waals surface area contributed by atoms with Gasteiger partial charge in [-0.25, -0.2) is 9.78 Å². The Kier molecular flexibility index (Phi) is 2.64. The Morgan fingerprint density at radius 3 is 2.60 bits per heavy atom. The van der Waals surface area contributed by atoms with Crippen LogP contribution in [0.15, 0.2) is 59.4 Å². The van der Waals surface area contributed by atoms with Crippen LogP contribution >= 0.6 is 0 Å². The minimum atomic E-state index is -0.866. The third kappa shape index (κ3) is 1.68. The van der Waals surface area contributed by atoms with Crippen LogP contribution in [-0.4, -0.2) is 20.6 Å². The Labute approximate surface area is 139 Å². The summed E-state index contributed by atoms with van der Waals surface area (Å²) in [5, 5.41) is 11.2. The van der Waals surface area contributed by atoms with Crippen LogP contribution in [0.25, 0.3) is 38.2 Å². The normalized spacial score (nSPS) is 11.7. The van der Waals surface area contributed by atoms with Crippen LogP contribution in [0, 0.1) is 0 Å². The van der Waals surface area contributed by atoms with Crippen LogP contribution < -0.4 is 5.56 Å². The monoisotopic (exact) mass is 330 g/mol. The Morgan fingerprint density at radius 1 is 0.960 bits per heavy atom. The Hall–Kier alpha value is -3.51.